The molecule has 0 unspecified atom stereocenters. The number of aromatic nitrogens is 1. The van der Waals surface area contributed by atoms with Crippen molar-refractivity contribution in [3.63, 3.8) is 0 Å². The molecule has 0 aliphatic heterocycles. The molecule has 8 nitrogen and oxygen atoms in total. The van der Waals surface area contributed by atoms with Gasteiger partial charge < -0.3 is 14.3 Å². The quantitative estimate of drug-likeness (QED) is 0.646. The van der Waals surface area contributed by atoms with Crippen molar-refractivity contribution in [2.45, 2.75) is 6.92 Å². The Hall–Kier alpha value is -2.42. The number of nitrogens with zero attached hydrogens (tertiary/aromatic N) is 2. The van der Waals surface area contributed by atoms with Gasteiger partial charge in [0, 0.05) is 22.2 Å². The van der Waals surface area contributed by atoms with E-state index in [4.69, 9.17) is 14.3 Å². The van der Waals surface area contributed by atoms with E-state index in [1.807, 2.05) is 0 Å². The van der Waals surface area contributed by atoms with Crippen LogP contribution in [0.5, 0.6) is 5.95 Å². The van der Waals surface area contributed by atoms with Gasteiger partial charge in [0.15, 0.2) is 0 Å². The lowest BCUT2D eigenvalue weighted by Gasteiger charge is -1.99. The maximum absolute atomic E-state index is 11.1. The number of ether oxygens (including phenoxy) is 1. The van der Waals surface area contributed by atoms with Crippen molar-refractivity contribution in [3.8, 4) is 17.4 Å². The lowest BCUT2D eigenvalue weighted by molar-refractivity contribution is -0.384. The highest BCUT2D eigenvalue weighted by Gasteiger charge is 2.23. The second-order valence-electron chi connectivity index (χ2n) is 3.85. The minimum Gasteiger partial charge on any atom is -0.476 e. The number of nitro groups is 1. The van der Waals surface area contributed by atoms with Crippen LogP contribution in [0.1, 0.15) is 17.4 Å². The number of carboxylic acids is 1. The van der Waals surface area contributed by atoms with Crippen LogP contribution in [0.2, 0.25) is 0 Å². The van der Waals surface area contributed by atoms with Crippen LogP contribution < -0.4 is 4.74 Å². The topological polar surface area (TPSA) is 116 Å². The first-order chi connectivity index (χ1) is 9.92. The number of hydrogen-bond acceptors (Lipinski definition) is 6. The van der Waals surface area contributed by atoms with Crippen LogP contribution in [0.15, 0.2) is 27.1 Å². The molecule has 0 bridgehead atoms. The van der Waals surface area contributed by atoms with E-state index in [9.17, 15) is 14.9 Å². The van der Waals surface area contributed by atoms with Crippen LogP contribution in [0.3, 0.4) is 0 Å². The minimum absolute atomic E-state index is 0.0692. The van der Waals surface area contributed by atoms with Gasteiger partial charge in [-0.1, -0.05) is 15.9 Å². The van der Waals surface area contributed by atoms with Gasteiger partial charge in [0.05, 0.1) is 11.5 Å². The third kappa shape index (κ3) is 3.19. The van der Waals surface area contributed by atoms with Crippen LogP contribution >= 0.6 is 15.9 Å². The van der Waals surface area contributed by atoms with Gasteiger partial charge in [-0.25, -0.2) is 4.79 Å². The monoisotopic (exact) mass is 356 g/mol. The third-order valence-corrected chi connectivity index (χ3v) is 2.87. The molecule has 1 aromatic heterocycles. The van der Waals surface area contributed by atoms with E-state index in [-0.39, 0.29) is 35.4 Å². The van der Waals surface area contributed by atoms with Crippen molar-refractivity contribution in [2.75, 3.05) is 6.61 Å². The van der Waals surface area contributed by atoms with Gasteiger partial charge in [0.2, 0.25) is 11.6 Å². The van der Waals surface area contributed by atoms with E-state index in [1.165, 1.54) is 18.2 Å². The van der Waals surface area contributed by atoms with Crippen molar-refractivity contribution in [1.29, 1.82) is 0 Å². The molecule has 1 heterocycles. The molecule has 1 N–H and O–H groups in total. The maximum Gasteiger partial charge on any atom is 0.362 e. The predicted octanol–water partition coefficient (Wildman–Crippen LogP) is 3.11. The van der Waals surface area contributed by atoms with E-state index >= 15 is 0 Å². The summed E-state index contributed by atoms with van der Waals surface area (Å²) in [5.74, 6) is -1.61. The normalized spacial score (nSPS) is 10.4. The number of nitro benzene ring substituents is 1. The molecule has 0 spiro atoms. The zero-order valence-corrected chi connectivity index (χ0v) is 12.3. The Labute approximate surface area is 126 Å². The average molecular weight is 357 g/mol. The van der Waals surface area contributed by atoms with E-state index < -0.39 is 10.9 Å². The van der Waals surface area contributed by atoms with Gasteiger partial charge in [-0.15, -0.1) is 0 Å². The summed E-state index contributed by atoms with van der Waals surface area (Å²) in [6, 6.07) is 4.08. The Bertz CT molecular complexity index is 712. The number of non-ortho nitro benzene ring substituents is 1. The van der Waals surface area contributed by atoms with Crippen molar-refractivity contribution >= 4 is 27.6 Å². The Morgan fingerprint density at radius 1 is 1.52 bits per heavy atom. The second kappa shape index (κ2) is 5.92. The van der Waals surface area contributed by atoms with Crippen molar-refractivity contribution in [2.24, 2.45) is 0 Å². The predicted molar refractivity (Wildman–Crippen MR) is 74.4 cm³/mol. The zero-order chi connectivity index (χ0) is 15.6. The van der Waals surface area contributed by atoms with E-state index in [2.05, 4.69) is 20.9 Å². The fourth-order valence-corrected chi connectivity index (χ4v) is 2.08. The van der Waals surface area contributed by atoms with Crippen molar-refractivity contribution in [3.05, 3.63) is 38.5 Å². The first-order valence-electron chi connectivity index (χ1n) is 5.74. The molecule has 21 heavy (non-hydrogen) atoms. The summed E-state index contributed by atoms with van der Waals surface area (Å²) in [6.45, 7) is 1.87. The number of oxazole rings is 1. The Kier molecular flexibility index (Phi) is 4.22. The van der Waals surface area contributed by atoms with Gasteiger partial charge >= 0.3 is 11.9 Å². The molecule has 2 rings (SSSR count). The van der Waals surface area contributed by atoms with E-state index in [0.29, 0.717) is 4.47 Å². The first-order valence-corrected chi connectivity index (χ1v) is 6.54. The standard InChI is InChI=1S/C12H9BrN2O6/c1-2-20-12-9(11(16)17)14-10(21-12)6-3-7(13)5-8(4-6)15(18)19/h3-5H,2H2,1H3,(H,16,17). The van der Waals surface area contributed by atoms with Gasteiger partial charge in [-0.05, 0) is 13.0 Å². The lowest BCUT2D eigenvalue weighted by atomic mass is 10.2. The molecule has 0 amide bonds. The zero-order valence-electron chi connectivity index (χ0n) is 10.7. The highest BCUT2D eigenvalue weighted by Crippen LogP contribution is 2.32. The van der Waals surface area contributed by atoms with Crippen LogP contribution in [0.25, 0.3) is 11.5 Å². The summed E-state index contributed by atoms with van der Waals surface area (Å²) >= 11 is 3.14. The number of carboxylic acid groups (broad SMARTS) is 1. The molecule has 0 radical (unpaired) electrons. The molecule has 0 aliphatic carbocycles. The summed E-state index contributed by atoms with van der Waals surface area (Å²) in [5.41, 5.74) is -0.286. The SMILES string of the molecule is CCOc1oc(-c2cc(Br)cc([N+](=O)[O-])c2)nc1C(=O)O. The molecule has 0 saturated carbocycles. The fraction of sp³-hybridized carbons (Fsp3) is 0.167. The molecule has 1 aromatic carbocycles. The van der Waals surface area contributed by atoms with E-state index in [0.717, 1.165) is 0 Å². The highest BCUT2D eigenvalue weighted by molar-refractivity contribution is 9.10. The Balaban J connectivity index is 2.54. The molecular weight excluding hydrogens is 348 g/mol. The minimum atomic E-state index is -1.31. The van der Waals surface area contributed by atoms with Crippen LogP contribution in [-0.4, -0.2) is 27.6 Å². The molecule has 0 atom stereocenters. The molecule has 9 heteroatoms. The number of carbonyl (C=O) groups is 1. The molecular formula is C12H9BrN2O6. The lowest BCUT2D eigenvalue weighted by Crippen LogP contribution is -2.01. The number of benzene rings is 1. The van der Waals surface area contributed by atoms with Gasteiger partial charge in [-0.3, -0.25) is 10.1 Å². The summed E-state index contributed by atoms with van der Waals surface area (Å²) in [5, 5.41) is 19.9. The number of halogens is 1. The van der Waals surface area contributed by atoms with Gasteiger partial charge in [0.1, 0.15) is 0 Å². The van der Waals surface area contributed by atoms with Crippen molar-refractivity contribution in [1.82, 2.24) is 4.98 Å². The number of hydrogen-bond donors (Lipinski definition) is 1. The number of aromatic carboxylic acids is 1. The summed E-state index contributed by atoms with van der Waals surface area (Å²) in [4.78, 5) is 25.1. The van der Waals surface area contributed by atoms with Crippen molar-refractivity contribution < 1.29 is 24.0 Å². The highest BCUT2D eigenvalue weighted by atomic mass is 79.9. The molecule has 0 saturated heterocycles. The number of rotatable bonds is 5. The largest absolute Gasteiger partial charge is 0.476 e. The Morgan fingerprint density at radius 2 is 2.24 bits per heavy atom. The molecule has 2 aromatic rings. The third-order valence-electron chi connectivity index (χ3n) is 2.41. The van der Waals surface area contributed by atoms with Gasteiger partial charge in [0.25, 0.3) is 5.69 Å². The molecule has 0 fully saturated rings. The van der Waals surface area contributed by atoms with Crippen LogP contribution in [0.4, 0.5) is 5.69 Å². The van der Waals surface area contributed by atoms with E-state index in [1.54, 1.807) is 6.92 Å². The average Bonchev–Trinajstić information content (AvgIpc) is 2.82. The summed E-state index contributed by atoms with van der Waals surface area (Å²) < 4.78 is 10.7. The van der Waals surface area contributed by atoms with Crippen LogP contribution in [-0.2, 0) is 0 Å². The molecule has 0 aliphatic rings. The maximum atomic E-state index is 11.1. The van der Waals surface area contributed by atoms with Gasteiger partial charge in [-0.2, -0.15) is 4.98 Å². The Morgan fingerprint density at radius 3 is 2.81 bits per heavy atom. The molecule has 110 valence electrons. The first kappa shape index (κ1) is 15.0. The fourth-order valence-electron chi connectivity index (χ4n) is 1.60. The summed E-state index contributed by atoms with van der Waals surface area (Å²) in [6.07, 6.45) is 0. The summed E-state index contributed by atoms with van der Waals surface area (Å²) in [7, 11) is 0. The second-order valence-corrected chi connectivity index (χ2v) is 4.76. The smallest absolute Gasteiger partial charge is 0.362 e. The van der Waals surface area contributed by atoms with Crippen LogP contribution in [0, 0.1) is 10.1 Å².